The molecule has 1 N–H and O–H groups in total. The highest BCUT2D eigenvalue weighted by Crippen LogP contribution is 2.47. The second-order valence-corrected chi connectivity index (χ2v) is 8.28. The van der Waals surface area contributed by atoms with Gasteiger partial charge in [-0.25, -0.2) is 0 Å². The van der Waals surface area contributed by atoms with Crippen molar-refractivity contribution in [1.82, 2.24) is 0 Å². The summed E-state index contributed by atoms with van der Waals surface area (Å²) in [6.07, 6.45) is -2.61. The van der Waals surface area contributed by atoms with E-state index < -0.39 is 41.8 Å². The Morgan fingerprint density at radius 1 is 1.00 bits per heavy atom. The van der Waals surface area contributed by atoms with Gasteiger partial charge < -0.3 is 28.8 Å². The summed E-state index contributed by atoms with van der Waals surface area (Å²) in [7, 11) is 0. The van der Waals surface area contributed by atoms with Crippen molar-refractivity contribution in [2.45, 2.75) is 75.9 Å². The van der Waals surface area contributed by atoms with Crippen molar-refractivity contribution in [1.29, 1.82) is 0 Å². The first-order valence-electron chi connectivity index (χ1n) is 9.24. The summed E-state index contributed by atoms with van der Waals surface area (Å²) in [5.74, 6) is -3.66. The minimum absolute atomic E-state index is 0.227. The van der Waals surface area contributed by atoms with Crippen LogP contribution in [0.4, 0.5) is 0 Å². The van der Waals surface area contributed by atoms with Gasteiger partial charge in [-0.05, 0) is 27.7 Å². The lowest BCUT2D eigenvalue weighted by atomic mass is 9.96. The number of carbonyl (C=O) groups excluding carboxylic acids is 1. The molecule has 27 heavy (non-hydrogen) atoms. The zero-order chi connectivity index (χ0) is 19.4. The Morgan fingerprint density at radius 3 is 2.33 bits per heavy atom. The zero-order valence-electron chi connectivity index (χ0n) is 16.0. The Morgan fingerprint density at radius 2 is 1.70 bits per heavy atom. The Bertz CT molecular complexity index is 716. The predicted octanol–water partition coefficient (Wildman–Crippen LogP) is 2.02. The van der Waals surface area contributed by atoms with Crippen LogP contribution in [-0.2, 0) is 23.7 Å². The smallest absolute Gasteiger partial charge is 0.203 e. The molecule has 5 atom stereocenters. The van der Waals surface area contributed by atoms with Crippen LogP contribution in [0.3, 0.4) is 0 Å². The van der Waals surface area contributed by atoms with E-state index in [9.17, 15) is 9.90 Å². The molecule has 0 bridgehead atoms. The molecule has 4 rings (SSSR count). The number of hydrogen-bond donors (Lipinski definition) is 1. The van der Waals surface area contributed by atoms with Gasteiger partial charge in [0.2, 0.25) is 5.79 Å². The number of carbonyl (C=O) groups is 1. The van der Waals surface area contributed by atoms with Crippen LogP contribution in [0.15, 0.2) is 30.3 Å². The average Bonchev–Trinajstić information content (AvgIpc) is 3.19. The highest BCUT2D eigenvalue weighted by Gasteiger charge is 2.65. The minimum Gasteiger partial charge on any atom is -0.363 e. The highest BCUT2D eigenvalue weighted by molar-refractivity contribution is 5.96. The number of Topliss-reactive ketones (excluding diaryl/α,β-unsaturated/α-hetero) is 1. The van der Waals surface area contributed by atoms with Crippen LogP contribution in [0, 0.1) is 0 Å². The molecule has 0 radical (unpaired) electrons. The first-order valence-corrected chi connectivity index (χ1v) is 9.24. The molecule has 0 saturated carbocycles. The first-order chi connectivity index (χ1) is 12.6. The third kappa shape index (κ3) is 3.55. The van der Waals surface area contributed by atoms with Gasteiger partial charge in [-0.2, -0.15) is 0 Å². The molecule has 0 aliphatic carbocycles. The van der Waals surface area contributed by atoms with Gasteiger partial charge in [0, 0.05) is 5.56 Å². The molecular formula is C20H26O7. The molecule has 0 aromatic heterocycles. The normalized spacial score (nSPS) is 39.4. The lowest BCUT2D eigenvalue weighted by Gasteiger charge is -2.31. The van der Waals surface area contributed by atoms with Crippen LogP contribution in [0.2, 0.25) is 0 Å². The quantitative estimate of drug-likeness (QED) is 0.803. The van der Waals surface area contributed by atoms with E-state index in [0.717, 1.165) is 0 Å². The third-order valence-corrected chi connectivity index (χ3v) is 5.14. The summed E-state index contributed by atoms with van der Waals surface area (Å²) < 4.78 is 29.4. The van der Waals surface area contributed by atoms with Gasteiger partial charge in [0.15, 0.2) is 17.4 Å². The fourth-order valence-corrected chi connectivity index (χ4v) is 4.01. The van der Waals surface area contributed by atoms with E-state index >= 15 is 0 Å². The number of aliphatic hydroxyl groups is 1. The van der Waals surface area contributed by atoms with Crippen LogP contribution in [0.1, 0.15) is 44.5 Å². The molecule has 3 fully saturated rings. The van der Waals surface area contributed by atoms with Crippen LogP contribution in [0.5, 0.6) is 0 Å². The van der Waals surface area contributed by atoms with Crippen molar-refractivity contribution >= 4 is 5.78 Å². The van der Waals surface area contributed by atoms with Gasteiger partial charge >= 0.3 is 0 Å². The molecule has 148 valence electrons. The summed E-state index contributed by atoms with van der Waals surface area (Å²) in [4.78, 5) is 12.7. The summed E-state index contributed by atoms with van der Waals surface area (Å²) >= 11 is 0. The number of rotatable bonds is 4. The van der Waals surface area contributed by atoms with Gasteiger partial charge in [-0.1, -0.05) is 30.3 Å². The fraction of sp³-hybridized carbons (Fsp3) is 0.650. The number of fused-ring (bicyclic) bond motifs is 1. The van der Waals surface area contributed by atoms with Gasteiger partial charge in [0.1, 0.15) is 24.4 Å². The molecule has 3 aliphatic rings. The van der Waals surface area contributed by atoms with E-state index in [1.165, 1.54) is 0 Å². The van der Waals surface area contributed by atoms with Crippen molar-refractivity contribution in [3.8, 4) is 0 Å². The Labute approximate surface area is 158 Å². The van der Waals surface area contributed by atoms with Crippen LogP contribution in [0.25, 0.3) is 0 Å². The lowest BCUT2D eigenvalue weighted by molar-refractivity contribution is -0.282. The predicted molar refractivity (Wildman–Crippen MR) is 93.9 cm³/mol. The van der Waals surface area contributed by atoms with E-state index in [2.05, 4.69) is 0 Å². The van der Waals surface area contributed by atoms with Gasteiger partial charge in [-0.15, -0.1) is 0 Å². The van der Waals surface area contributed by atoms with Gasteiger partial charge in [0.05, 0.1) is 13.0 Å². The molecule has 3 aliphatic heterocycles. The molecule has 7 heteroatoms. The van der Waals surface area contributed by atoms with E-state index in [1.54, 1.807) is 38.1 Å². The maximum atomic E-state index is 12.7. The second kappa shape index (κ2) is 6.34. The van der Waals surface area contributed by atoms with Crippen molar-refractivity contribution in [3.63, 3.8) is 0 Å². The second-order valence-electron chi connectivity index (χ2n) is 8.28. The molecule has 3 saturated heterocycles. The van der Waals surface area contributed by atoms with E-state index in [-0.39, 0.29) is 12.2 Å². The molecule has 1 unspecified atom stereocenters. The molecule has 0 spiro atoms. The fourth-order valence-electron chi connectivity index (χ4n) is 4.01. The molecule has 3 heterocycles. The summed E-state index contributed by atoms with van der Waals surface area (Å²) in [6, 6.07) is 8.81. The van der Waals surface area contributed by atoms with Crippen molar-refractivity contribution in [3.05, 3.63) is 35.9 Å². The van der Waals surface area contributed by atoms with Crippen LogP contribution in [-0.4, -0.2) is 59.3 Å². The maximum Gasteiger partial charge on any atom is 0.203 e. The summed E-state index contributed by atoms with van der Waals surface area (Å²) in [6.45, 7) is 7.50. The maximum absolute atomic E-state index is 12.7. The first kappa shape index (κ1) is 19.0. The number of ketones is 1. The zero-order valence-corrected chi connectivity index (χ0v) is 16.0. The van der Waals surface area contributed by atoms with Crippen molar-refractivity contribution in [2.75, 3.05) is 6.61 Å². The molecule has 7 nitrogen and oxygen atoms in total. The lowest BCUT2D eigenvalue weighted by Crippen LogP contribution is -2.45. The van der Waals surface area contributed by atoms with E-state index in [0.29, 0.717) is 12.2 Å². The minimum atomic E-state index is -1.80. The third-order valence-electron chi connectivity index (χ3n) is 5.14. The molecular weight excluding hydrogens is 352 g/mol. The van der Waals surface area contributed by atoms with Crippen LogP contribution < -0.4 is 0 Å². The van der Waals surface area contributed by atoms with Crippen molar-refractivity contribution < 1.29 is 33.6 Å². The Kier molecular flexibility index (Phi) is 4.46. The highest BCUT2D eigenvalue weighted by atomic mass is 16.8. The van der Waals surface area contributed by atoms with E-state index in [1.807, 2.05) is 19.9 Å². The van der Waals surface area contributed by atoms with E-state index in [4.69, 9.17) is 23.7 Å². The summed E-state index contributed by atoms with van der Waals surface area (Å²) in [5.41, 5.74) is 0.509. The van der Waals surface area contributed by atoms with Crippen molar-refractivity contribution in [2.24, 2.45) is 0 Å². The van der Waals surface area contributed by atoms with Gasteiger partial charge in [-0.3, -0.25) is 4.79 Å². The molecule has 1 aromatic carbocycles. The van der Waals surface area contributed by atoms with Crippen LogP contribution >= 0.6 is 0 Å². The number of ether oxygens (including phenoxy) is 5. The monoisotopic (exact) mass is 378 g/mol. The Balaban J connectivity index is 1.58. The largest absolute Gasteiger partial charge is 0.363 e. The molecule has 0 amide bonds. The Hall–Kier alpha value is -1.35. The number of benzene rings is 1. The summed E-state index contributed by atoms with van der Waals surface area (Å²) in [5, 5.41) is 11.2. The average molecular weight is 378 g/mol. The number of hydrogen-bond acceptors (Lipinski definition) is 7. The SMILES string of the molecule is CC1(C)OC[C@H]([C@H]2OC(O)(CC(=O)c3ccccc3)[C@H]3OC(C)(C)O[C@@H]23)O1. The van der Waals surface area contributed by atoms with Gasteiger partial charge in [0.25, 0.3) is 0 Å². The molecule has 1 aromatic rings. The standard InChI is InChI=1S/C20H26O7/c1-18(2)23-11-14(24-18)15-16-17(27-19(3,4)25-16)20(22,26-15)10-13(21)12-8-6-5-7-9-12/h5-9,14-17,22H,10-11H2,1-4H3/t14-,15-,16+,17+,20?/m1/s1. The topological polar surface area (TPSA) is 83.5 Å².